The van der Waals surface area contributed by atoms with Gasteiger partial charge in [-0.2, -0.15) is 0 Å². The van der Waals surface area contributed by atoms with Crippen molar-refractivity contribution in [3.63, 3.8) is 0 Å². The van der Waals surface area contributed by atoms with Crippen LogP contribution in [0.5, 0.6) is 0 Å². The molecule has 0 N–H and O–H groups in total. The molecule has 0 aliphatic heterocycles. The highest BCUT2D eigenvalue weighted by Crippen LogP contribution is 2.22. The first-order valence-electron chi connectivity index (χ1n) is 14.8. The van der Waals surface area contributed by atoms with Gasteiger partial charge < -0.3 is 0 Å². The number of rotatable bonds is 26. The van der Waals surface area contributed by atoms with Crippen LogP contribution in [-0.4, -0.2) is 0 Å². The van der Waals surface area contributed by atoms with Gasteiger partial charge in [-0.25, -0.2) is 0 Å². The highest BCUT2D eigenvalue weighted by atomic mass is 14.1. The van der Waals surface area contributed by atoms with E-state index in [4.69, 9.17) is 0 Å². The lowest BCUT2D eigenvalue weighted by atomic mass is 9.92. The Kier molecular flexibility index (Phi) is 27.0. The van der Waals surface area contributed by atoms with E-state index in [1.54, 1.807) is 0 Å². The summed E-state index contributed by atoms with van der Waals surface area (Å²) in [6.07, 6.45) is 38.3. The highest BCUT2D eigenvalue weighted by Gasteiger charge is 2.06. The van der Waals surface area contributed by atoms with Crippen molar-refractivity contribution in [3.05, 3.63) is 0 Å². The number of unbranched alkanes of at least 4 members (excludes halogenated alkanes) is 21. The van der Waals surface area contributed by atoms with Gasteiger partial charge in [0.05, 0.1) is 0 Å². The molecule has 0 rings (SSSR count). The van der Waals surface area contributed by atoms with Crippen LogP contribution in [0.2, 0.25) is 0 Å². The standard InChI is InChI=1S/C30H62/c1-4-7-9-11-13-15-17-19-21-23-25-27-29-30(6-3)28-26-24-22-20-18-16-14-12-10-8-5-2/h30H,4-29H2,1-3H3. The van der Waals surface area contributed by atoms with Crippen molar-refractivity contribution in [3.8, 4) is 0 Å². The molecule has 1 unspecified atom stereocenters. The summed E-state index contributed by atoms with van der Waals surface area (Å²) in [6, 6.07) is 0. The summed E-state index contributed by atoms with van der Waals surface area (Å²) >= 11 is 0. The predicted octanol–water partition coefficient (Wildman–Crippen LogP) is 11.8. The SMILES string of the molecule is CCCCCCCCCCCCCCC(CC)CCCCCCCCCCCCC. The van der Waals surface area contributed by atoms with Crippen molar-refractivity contribution >= 4 is 0 Å². The van der Waals surface area contributed by atoms with Crippen LogP contribution in [0.15, 0.2) is 0 Å². The van der Waals surface area contributed by atoms with E-state index in [9.17, 15) is 0 Å². The second kappa shape index (κ2) is 27.0. The molecule has 0 aromatic carbocycles. The molecule has 0 heteroatoms. The van der Waals surface area contributed by atoms with Crippen LogP contribution in [-0.2, 0) is 0 Å². The Bertz CT molecular complexity index is 282. The van der Waals surface area contributed by atoms with E-state index >= 15 is 0 Å². The van der Waals surface area contributed by atoms with Crippen molar-refractivity contribution in [1.29, 1.82) is 0 Å². The zero-order valence-electron chi connectivity index (χ0n) is 22.0. The normalized spacial score (nSPS) is 12.5. The third-order valence-electron chi connectivity index (χ3n) is 7.26. The van der Waals surface area contributed by atoms with Crippen molar-refractivity contribution in [2.45, 2.75) is 188 Å². The lowest BCUT2D eigenvalue weighted by Gasteiger charge is -2.14. The second-order valence-electron chi connectivity index (χ2n) is 10.3. The second-order valence-corrected chi connectivity index (χ2v) is 10.3. The Balaban J connectivity index is 3.27. The quantitative estimate of drug-likeness (QED) is 0.122. The van der Waals surface area contributed by atoms with Crippen molar-refractivity contribution in [2.75, 3.05) is 0 Å². The maximum Gasteiger partial charge on any atom is -0.0417 e. The van der Waals surface area contributed by atoms with Gasteiger partial charge in [0.2, 0.25) is 0 Å². The molecule has 0 bridgehead atoms. The van der Waals surface area contributed by atoms with Crippen molar-refractivity contribution < 1.29 is 0 Å². The minimum atomic E-state index is 1.02. The Morgan fingerprint density at radius 2 is 0.533 bits per heavy atom. The molecule has 0 aliphatic carbocycles. The molecule has 0 fully saturated rings. The van der Waals surface area contributed by atoms with Crippen LogP contribution < -0.4 is 0 Å². The Labute approximate surface area is 193 Å². The molecule has 0 amide bonds. The monoisotopic (exact) mass is 422 g/mol. The molecule has 0 saturated carbocycles. The average molecular weight is 423 g/mol. The molecule has 0 aromatic heterocycles. The lowest BCUT2D eigenvalue weighted by molar-refractivity contribution is 0.392. The first kappa shape index (κ1) is 30.0. The highest BCUT2D eigenvalue weighted by molar-refractivity contribution is 4.59. The molecular formula is C30H62. The zero-order chi connectivity index (χ0) is 22.0. The summed E-state index contributed by atoms with van der Waals surface area (Å²) in [5, 5.41) is 0. The van der Waals surface area contributed by atoms with E-state index in [1.165, 1.54) is 167 Å². The maximum atomic E-state index is 2.42. The van der Waals surface area contributed by atoms with Gasteiger partial charge in [0.25, 0.3) is 0 Å². The number of hydrogen-bond donors (Lipinski definition) is 0. The maximum absolute atomic E-state index is 2.42. The van der Waals surface area contributed by atoms with Crippen LogP contribution in [0.4, 0.5) is 0 Å². The van der Waals surface area contributed by atoms with Crippen LogP contribution in [0, 0.1) is 5.92 Å². The predicted molar refractivity (Wildman–Crippen MR) is 141 cm³/mol. The van der Waals surface area contributed by atoms with Crippen LogP contribution in [0.1, 0.15) is 188 Å². The summed E-state index contributed by atoms with van der Waals surface area (Å²) in [7, 11) is 0. The fourth-order valence-electron chi connectivity index (χ4n) is 4.92. The average Bonchev–Trinajstić information content (AvgIpc) is 2.76. The van der Waals surface area contributed by atoms with Crippen LogP contribution in [0.3, 0.4) is 0 Å². The van der Waals surface area contributed by atoms with E-state index in [0.29, 0.717) is 0 Å². The largest absolute Gasteiger partial charge is 0.0654 e. The lowest BCUT2D eigenvalue weighted by Crippen LogP contribution is -1.99. The molecule has 30 heavy (non-hydrogen) atoms. The summed E-state index contributed by atoms with van der Waals surface area (Å²) in [4.78, 5) is 0. The molecule has 0 saturated heterocycles. The van der Waals surface area contributed by atoms with Crippen LogP contribution >= 0.6 is 0 Å². The van der Waals surface area contributed by atoms with Gasteiger partial charge in [-0.1, -0.05) is 188 Å². The Hall–Kier alpha value is 0. The summed E-state index contributed by atoms with van der Waals surface area (Å²) < 4.78 is 0. The zero-order valence-corrected chi connectivity index (χ0v) is 22.0. The molecular weight excluding hydrogens is 360 g/mol. The first-order valence-corrected chi connectivity index (χ1v) is 14.8. The van der Waals surface area contributed by atoms with Crippen LogP contribution in [0.25, 0.3) is 0 Å². The van der Waals surface area contributed by atoms with E-state index in [-0.39, 0.29) is 0 Å². The minimum Gasteiger partial charge on any atom is -0.0654 e. The third-order valence-corrected chi connectivity index (χ3v) is 7.26. The molecule has 0 nitrogen and oxygen atoms in total. The van der Waals surface area contributed by atoms with Gasteiger partial charge in [0, 0.05) is 0 Å². The fraction of sp³-hybridized carbons (Fsp3) is 1.00. The fourth-order valence-corrected chi connectivity index (χ4v) is 4.92. The van der Waals surface area contributed by atoms with E-state index < -0.39 is 0 Å². The van der Waals surface area contributed by atoms with E-state index in [0.717, 1.165) is 5.92 Å². The first-order chi connectivity index (χ1) is 14.8. The number of hydrogen-bond acceptors (Lipinski definition) is 0. The Morgan fingerprint density at radius 1 is 0.300 bits per heavy atom. The molecule has 0 aliphatic rings. The third kappa shape index (κ3) is 24.3. The van der Waals surface area contributed by atoms with E-state index in [2.05, 4.69) is 20.8 Å². The smallest absolute Gasteiger partial charge is 0.0417 e. The van der Waals surface area contributed by atoms with Gasteiger partial charge in [-0.3, -0.25) is 0 Å². The molecule has 0 heterocycles. The molecule has 182 valence electrons. The topological polar surface area (TPSA) is 0 Å². The van der Waals surface area contributed by atoms with Gasteiger partial charge >= 0.3 is 0 Å². The molecule has 0 radical (unpaired) electrons. The summed E-state index contributed by atoms with van der Waals surface area (Å²) in [5.74, 6) is 1.02. The molecule has 0 spiro atoms. The minimum absolute atomic E-state index is 1.02. The van der Waals surface area contributed by atoms with Gasteiger partial charge in [-0.15, -0.1) is 0 Å². The van der Waals surface area contributed by atoms with Crippen molar-refractivity contribution in [2.24, 2.45) is 5.92 Å². The summed E-state index contributed by atoms with van der Waals surface area (Å²) in [6.45, 7) is 7.03. The molecule has 0 aromatic rings. The van der Waals surface area contributed by atoms with Gasteiger partial charge in [-0.05, 0) is 5.92 Å². The Morgan fingerprint density at radius 3 is 0.767 bits per heavy atom. The van der Waals surface area contributed by atoms with Gasteiger partial charge in [0.15, 0.2) is 0 Å². The van der Waals surface area contributed by atoms with Crippen molar-refractivity contribution in [1.82, 2.24) is 0 Å². The summed E-state index contributed by atoms with van der Waals surface area (Å²) in [5.41, 5.74) is 0. The van der Waals surface area contributed by atoms with Gasteiger partial charge in [0.1, 0.15) is 0 Å². The molecule has 1 atom stereocenters. The van der Waals surface area contributed by atoms with E-state index in [1.807, 2.05) is 0 Å².